The summed E-state index contributed by atoms with van der Waals surface area (Å²) in [7, 11) is 0. The zero-order valence-corrected chi connectivity index (χ0v) is 7.38. The minimum Gasteiger partial charge on any atom is -0.370 e. The maximum Gasteiger partial charge on any atom is 0.217 e. The molecule has 0 unspecified atom stereocenters. The second kappa shape index (κ2) is 5.71. The standard InChI is InChI=1S/C8H16N2O2/c1-2-3-7(11)6(9)4-5-8(10)12/h6H,2-5,9H2,1H3,(H2,10,12)/t6-/m1/s1. The third-order valence-electron chi connectivity index (χ3n) is 1.61. The molecule has 4 nitrogen and oxygen atoms in total. The number of carbonyl (C=O) groups excluding carboxylic acids is 2. The Labute approximate surface area is 72.3 Å². The fourth-order valence-electron chi connectivity index (χ4n) is 0.891. The molecule has 0 aromatic heterocycles. The van der Waals surface area contributed by atoms with Gasteiger partial charge in [-0.2, -0.15) is 0 Å². The molecule has 0 aromatic rings. The van der Waals surface area contributed by atoms with Crippen LogP contribution < -0.4 is 11.5 Å². The number of carbonyl (C=O) groups is 2. The zero-order valence-electron chi connectivity index (χ0n) is 7.38. The molecule has 0 aliphatic carbocycles. The van der Waals surface area contributed by atoms with Crippen LogP contribution in [0.4, 0.5) is 0 Å². The Balaban J connectivity index is 3.63. The topological polar surface area (TPSA) is 86.2 Å². The van der Waals surface area contributed by atoms with Crippen molar-refractivity contribution >= 4 is 11.7 Å². The Kier molecular flexibility index (Phi) is 5.28. The van der Waals surface area contributed by atoms with Crippen LogP contribution in [0.25, 0.3) is 0 Å². The van der Waals surface area contributed by atoms with Gasteiger partial charge < -0.3 is 11.5 Å². The van der Waals surface area contributed by atoms with Gasteiger partial charge in [0.1, 0.15) is 5.78 Å². The molecule has 0 spiro atoms. The third-order valence-corrected chi connectivity index (χ3v) is 1.61. The molecule has 12 heavy (non-hydrogen) atoms. The first-order chi connectivity index (χ1) is 5.57. The van der Waals surface area contributed by atoms with E-state index in [1.807, 2.05) is 6.92 Å². The summed E-state index contributed by atoms with van der Waals surface area (Å²) in [6.45, 7) is 1.92. The zero-order chi connectivity index (χ0) is 9.56. The van der Waals surface area contributed by atoms with Crippen LogP contribution in [0.5, 0.6) is 0 Å². The first-order valence-corrected chi connectivity index (χ1v) is 4.14. The van der Waals surface area contributed by atoms with Gasteiger partial charge in [-0.3, -0.25) is 9.59 Å². The number of hydrogen-bond donors (Lipinski definition) is 2. The number of primary amides is 1. The van der Waals surface area contributed by atoms with Gasteiger partial charge in [0.05, 0.1) is 6.04 Å². The lowest BCUT2D eigenvalue weighted by Gasteiger charge is -2.07. The molecule has 0 aromatic carbocycles. The largest absolute Gasteiger partial charge is 0.370 e. The lowest BCUT2D eigenvalue weighted by atomic mass is 10.0. The van der Waals surface area contributed by atoms with Crippen molar-refractivity contribution in [2.45, 2.75) is 38.6 Å². The van der Waals surface area contributed by atoms with Gasteiger partial charge in [0, 0.05) is 12.8 Å². The molecule has 0 saturated carbocycles. The molecule has 0 heterocycles. The van der Waals surface area contributed by atoms with Gasteiger partial charge >= 0.3 is 0 Å². The van der Waals surface area contributed by atoms with E-state index >= 15 is 0 Å². The number of Topliss-reactive ketones (excluding diaryl/α,β-unsaturated/α-hetero) is 1. The quantitative estimate of drug-likeness (QED) is 0.589. The average molecular weight is 172 g/mol. The molecular weight excluding hydrogens is 156 g/mol. The maximum absolute atomic E-state index is 11.1. The number of amides is 1. The smallest absolute Gasteiger partial charge is 0.217 e. The fraction of sp³-hybridized carbons (Fsp3) is 0.750. The highest BCUT2D eigenvalue weighted by molar-refractivity contribution is 5.84. The molecule has 0 aliphatic heterocycles. The molecular formula is C8H16N2O2. The molecule has 70 valence electrons. The van der Waals surface area contributed by atoms with Crippen molar-refractivity contribution in [3.63, 3.8) is 0 Å². The molecule has 0 bridgehead atoms. The van der Waals surface area contributed by atoms with E-state index < -0.39 is 11.9 Å². The summed E-state index contributed by atoms with van der Waals surface area (Å²) in [6.07, 6.45) is 1.84. The van der Waals surface area contributed by atoms with E-state index in [2.05, 4.69) is 0 Å². The number of nitrogens with two attached hydrogens (primary N) is 2. The Morgan fingerprint density at radius 1 is 1.33 bits per heavy atom. The van der Waals surface area contributed by atoms with Crippen molar-refractivity contribution in [2.24, 2.45) is 11.5 Å². The van der Waals surface area contributed by atoms with E-state index in [-0.39, 0.29) is 12.2 Å². The maximum atomic E-state index is 11.1. The van der Waals surface area contributed by atoms with Crippen molar-refractivity contribution in [2.75, 3.05) is 0 Å². The van der Waals surface area contributed by atoms with Gasteiger partial charge in [0.2, 0.25) is 5.91 Å². The van der Waals surface area contributed by atoms with Crippen molar-refractivity contribution in [3.8, 4) is 0 Å². The van der Waals surface area contributed by atoms with E-state index in [4.69, 9.17) is 11.5 Å². The van der Waals surface area contributed by atoms with Gasteiger partial charge in [-0.05, 0) is 12.8 Å². The van der Waals surface area contributed by atoms with Crippen LogP contribution >= 0.6 is 0 Å². The van der Waals surface area contributed by atoms with E-state index in [0.717, 1.165) is 6.42 Å². The second-order valence-corrected chi connectivity index (χ2v) is 2.83. The first-order valence-electron chi connectivity index (χ1n) is 4.14. The minimum atomic E-state index is -0.516. The molecule has 0 fully saturated rings. The van der Waals surface area contributed by atoms with Crippen LogP contribution in [0.15, 0.2) is 0 Å². The van der Waals surface area contributed by atoms with E-state index in [1.54, 1.807) is 0 Å². The number of ketones is 1. The highest BCUT2D eigenvalue weighted by Gasteiger charge is 2.12. The summed E-state index contributed by atoms with van der Waals surface area (Å²) in [4.78, 5) is 21.4. The van der Waals surface area contributed by atoms with Crippen LogP contribution in [0.3, 0.4) is 0 Å². The Hall–Kier alpha value is -0.900. The molecule has 0 aliphatic rings. The number of rotatable bonds is 6. The predicted octanol–water partition coefficient (Wildman–Crippen LogP) is -0.0516. The van der Waals surface area contributed by atoms with E-state index in [1.165, 1.54) is 0 Å². The van der Waals surface area contributed by atoms with Crippen molar-refractivity contribution in [1.29, 1.82) is 0 Å². The Morgan fingerprint density at radius 2 is 1.92 bits per heavy atom. The summed E-state index contributed by atoms with van der Waals surface area (Å²) < 4.78 is 0. The van der Waals surface area contributed by atoms with Crippen molar-refractivity contribution in [1.82, 2.24) is 0 Å². The summed E-state index contributed by atoms with van der Waals surface area (Å²) in [5.41, 5.74) is 10.4. The molecule has 1 atom stereocenters. The van der Waals surface area contributed by atoms with E-state index in [0.29, 0.717) is 12.8 Å². The fourth-order valence-corrected chi connectivity index (χ4v) is 0.891. The molecule has 4 heteroatoms. The second-order valence-electron chi connectivity index (χ2n) is 2.83. The van der Waals surface area contributed by atoms with Gasteiger partial charge in [-0.1, -0.05) is 6.92 Å². The molecule has 0 saturated heterocycles. The SMILES string of the molecule is CCCC(=O)[C@H](N)CCC(N)=O. The monoisotopic (exact) mass is 172 g/mol. The highest BCUT2D eigenvalue weighted by atomic mass is 16.1. The first kappa shape index (κ1) is 11.1. The van der Waals surface area contributed by atoms with Crippen molar-refractivity contribution < 1.29 is 9.59 Å². The highest BCUT2D eigenvalue weighted by Crippen LogP contribution is 1.99. The molecule has 4 N–H and O–H groups in total. The summed E-state index contributed by atoms with van der Waals surface area (Å²) in [5.74, 6) is -0.395. The van der Waals surface area contributed by atoms with Crippen molar-refractivity contribution in [3.05, 3.63) is 0 Å². The van der Waals surface area contributed by atoms with Gasteiger partial charge in [-0.25, -0.2) is 0 Å². The molecule has 0 rings (SSSR count). The lowest BCUT2D eigenvalue weighted by molar-refractivity contribution is -0.121. The predicted molar refractivity (Wildman–Crippen MR) is 46.3 cm³/mol. The number of hydrogen-bond acceptors (Lipinski definition) is 3. The van der Waals surface area contributed by atoms with Gasteiger partial charge in [0.15, 0.2) is 0 Å². The third kappa shape index (κ3) is 4.85. The van der Waals surface area contributed by atoms with Crippen LogP contribution in [0.2, 0.25) is 0 Å². The normalized spacial score (nSPS) is 12.5. The van der Waals surface area contributed by atoms with Crippen LogP contribution in [0.1, 0.15) is 32.6 Å². The minimum absolute atomic E-state index is 0.0127. The van der Waals surface area contributed by atoms with Crippen LogP contribution in [-0.4, -0.2) is 17.7 Å². The Bertz CT molecular complexity index is 168. The summed E-state index contributed by atoms with van der Waals surface area (Å²) >= 11 is 0. The van der Waals surface area contributed by atoms with Gasteiger partial charge in [-0.15, -0.1) is 0 Å². The summed E-state index contributed by atoms with van der Waals surface area (Å²) in [5, 5.41) is 0. The molecule has 1 amide bonds. The Morgan fingerprint density at radius 3 is 2.33 bits per heavy atom. The van der Waals surface area contributed by atoms with E-state index in [9.17, 15) is 9.59 Å². The average Bonchev–Trinajstić information content (AvgIpc) is 2.00. The van der Waals surface area contributed by atoms with Crippen LogP contribution in [-0.2, 0) is 9.59 Å². The molecule has 0 radical (unpaired) electrons. The van der Waals surface area contributed by atoms with Gasteiger partial charge in [0.25, 0.3) is 0 Å². The summed E-state index contributed by atoms with van der Waals surface area (Å²) in [6, 6.07) is -0.516. The lowest BCUT2D eigenvalue weighted by Crippen LogP contribution is -2.31. The van der Waals surface area contributed by atoms with Crippen LogP contribution in [0, 0.1) is 0 Å².